The van der Waals surface area contributed by atoms with Crippen molar-refractivity contribution in [3.05, 3.63) is 35.9 Å². The highest BCUT2D eigenvalue weighted by Crippen LogP contribution is 2.23. The summed E-state index contributed by atoms with van der Waals surface area (Å²) in [6.07, 6.45) is 1.63. The summed E-state index contributed by atoms with van der Waals surface area (Å²) in [6, 6.07) is 10.2. The second-order valence-electron chi connectivity index (χ2n) is 4.68. The third-order valence-electron chi connectivity index (χ3n) is 3.16. The van der Waals surface area contributed by atoms with Crippen LogP contribution in [0.15, 0.2) is 30.3 Å². The summed E-state index contributed by atoms with van der Waals surface area (Å²) in [6.45, 7) is 4.46. The summed E-state index contributed by atoms with van der Waals surface area (Å²) < 4.78 is 5.11. The van der Waals surface area contributed by atoms with Crippen molar-refractivity contribution in [2.45, 2.75) is 32.3 Å². The van der Waals surface area contributed by atoms with Crippen LogP contribution in [0.2, 0.25) is 0 Å². The SMILES string of the molecule is COCC(O)(CCc1ccccc1)C(C)C. The lowest BCUT2D eigenvalue weighted by molar-refractivity contribution is -0.0696. The van der Waals surface area contributed by atoms with Gasteiger partial charge in [-0.05, 0) is 24.3 Å². The summed E-state index contributed by atoms with van der Waals surface area (Å²) in [7, 11) is 1.63. The second-order valence-corrected chi connectivity index (χ2v) is 4.68. The van der Waals surface area contributed by atoms with E-state index in [2.05, 4.69) is 12.1 Å². The van der Waals surface area contributed by atoms with Gasteiger partial charge in [-0.25, -0.2) is 0 Å². The molecule has 0 saturated heterocycles. The van der Waals surface area contributed by atoms with Crippen molar-refractivity contribution in [2.24, 2.45) is 5.92 Å². The van der Waals surface area contributed by atoms with Crippen molar-refractivity contribution >= 4 is 0 Å². The molecule has 1 N–H and O–H groups in total. The van der Waals surface area contributed by atoms with Crippen molar-refractivity contribution in [2.75, 3.05) is 13.7 Å². The van der Waals surface area contributed by atoms with E-state index < -0.39 is 5.60 Å². The lowest BCUT2D eigenvalue weighted by Gasteiger charge is -2.31. The maximum Gasteiger partial charge on any atom is 0.0905 e. The van der Waals surface area contributed by atoms with Crippen LogP contribution in [0.1, 0.15) is 25.8 Å². The van der Waals surface area contributed by atoms with Gasteiger partial charge in [0.15, 0.2) is 0 Å². The molecule has 0 saturated carbocycles. The fourth-order valence-corrected chi connectivity index (χ4v) is 1.78. The number of hydrogen-bond acceptors (Lipinski definition) is 2. The molecular formula is C14H22O2. The molecule has 0 aliphatic carbocycles. The molecule has 90 valence electrons. The van der Waals surface area contributed by atoms with Crippen LogP contribution in [0.25, 0.3) is 0 Å². The van der Waals surface area contributed by atoms with E-state index in [0.717, 1.165) is 12.8 Å². The van der Waals surface area contributed by atoms with Crippen LogP contribution in [-0.2, 0) is 11.2 Å². The van der Waals surface area contributed by atoms with Gasteiger partial charge in [0.05, 0.1) is 12.2 Å². The number of ether oxygens (including phenoxy) is 1. The number of methoxy groups -OCH3 is 1. The molecule has 1 unspecified atom stereocenters. The minimum absolute atomic E-state index is 0.205. The number of rotatable bonds is 6. The van der Waals surface area contributed by atoms with E-state index in [1.165, 1.54) is 5.56 Å². The van der Waals surface area contributed by atoms with Gasteiger partial charge in [-0.15, -0.1) is 0 Å². The van der Waals surface area contributed by atoms with E-state index in [9.17, 15) is 5.11 Å². The van der Waals surface area contributed by atoms with Gasteiger partial charge >= 0.3 is 0 Å². The maximum absolute atomic E-state index is 10.4. The Balaban J connectivity index is 2.57. The van der Waals surface area contributed by atoms with Gasteiger partial charge in [0.25, 0.3) is 0 Å². The Kier molecular flexibility index (Phi) is 4.97. The first kappa shape index (κ1) is 13.2. The van der Waals surface area contributed by atoms with Crippen LogP contribution in [0, 0.1) is 5.92 Å². The van der Waals surface area contributed by atoms with E-state index in [0.29, 0.717) is 6.61 Å². The van der Waals surface area contributed by atoms with Crippen LogP contribution in [0.3, 0.4) is 0 Å². The average Bonchev–Trinajstić information content (AvgIpc) is 2.28. The van der Waals surface area contributed by atoms with Crippen LogP contribution in [0.5, 0.6) is 0 Å². The van der Waals surface area contributed by atoms with Gasteiger partial charge in [-0.1, -0.05) is 44.2 Å². The minimum atomic E-state index is -0.718. The van der Waals surface area contributed by atoms with E-state index in [1.807, 2.05) is 32.0 Å². The first-order valence-corrected chi connectivity index (χ1v) is 5.84. The number of hydrogen-bond donors (Lipinski definition) is 1. The molecule has 1 aromatic rings. The highest BCUT2D eigenvalue weighted by Gasteiger charge is 2.30. The highest BCUT2D eigenvalue weighted by atomic mass is 16.5. The zero-order chi connectivity index (χ0) is 12.0. The predicted molar refractivity (Wildman–Crippen MR) is 66.4 cm³/mol. The van der Waals surface area contributed by atoms with Crippen molar-refractivity contribution in [3.63, 3.8) is 0 Å². The zero-order valence-corrected chi connectivity index (χ0v) is 10.4. The summed E-state index contributed by atoms with van der Waals surface area (Å²) in [5.41, 5.74) is 0.544. The molecule has 0 radical (unpaired) electrons. The Hall–Kier alpha value is -0.860. The maximum atomic E-state index is 10.4. The monoisotopic (exact) mass is 222 g/mol. The summed E-state index contributed by atoms with van der Waals surface area (Å²) in [4.78, 5) is 0. The van der Waals surface area contributed by atoms with Crippen LogP contribution >= 0.6 is 0 Å². The van der Waals surface area contributed by atoms with Crippen LogP contribution in [-0.4, -0.2) is 24.4 Å². The standard InChI is InChI=1S/C14H22O2/c1-12(2)14(15,11-16-3)10-9-13-7-5-4-6-8-13/h4-8,12,15H,9-11H2,1-3H3. The molecule has 0 amide bonds. The van der Waals surface area contributed by atoms with Crippen LogP contribution in [0.4, 0.5) is 0 Å². The van der Waals surface area contributed by atoms with E-state index >= 15 is 0 Å². The molecule has 0 aromatic heterocycles. The molecule has 0 bridgehead atoms. The molecule has 0 aliphatic rings. The molecule has 0 aliphatic heterocycles. The fraction of sp³-hybridized carbons (Fsp3) is 0.571. The molecule has 2 heteroatoms. The predicted octanol–water partition coefficient (Wildman–Crippen LogP) is 2.65. The average molecular weight is 222 g/mol. The van der Waals surface area contributed by atoms with Crippen molar-refractivity contribution in [3.8, 4) is 0 Å². The molecule has 0 fully saturated rings. The molecule has 0 heterocycles. The van der Waals surface area contributed by atoms with Gasteiger partial charge in [0.2, 0.25) is 0 Å². The van der Waals surface area contributed by atoms with Crippen LogP contribution < -0.4 is 0 Å². The first-order chi connectivity index (χ1) is 7.58. The van der Waals surface area contributed by atoms with Crippen molar-refractivity contribution in [1.82, 2.24) is 0 Å². The third-order valence-corrected chi connectivity index (χ3v) is 3.16. The fourth-order valence-electron chi connectivity index (χ4n) is 1.78. The molecule has 1 aromatic carbocycles. The summed E-state index contributed by atoms with van der Waals surface area (Å²) >= 11 is 0. The molecule has 2 nitrogen and oxygen atoms in total. The van der Waals surface area contributed by atoms with E-state index in [-0.39, 0.29) is 5.92 Å². The smallest absolute Gasteiger partial charge is 0.0905 e. The summed E-state index contributed by atoms with van der Waals surface area (Å²) in [5.74, 6) is 0.205. The normalized spacial score (nSPS) is 15.1. The third kappa shape index (κ3) is 3.62. The molecule has 1 rings (SSSR count). The second kappa shape index (κ2) is 6.02. The number of aliphatic hydroxyl groups is 1. The Morgan fingerprint density at radius 3 is 2.38 bits per heavy atom. The Labute approximate surface area is 98.3 Å². The Morgan fingerprint density at radius 1 is 1.25 bits per heavy atom. The topological polar surface area (TPSA) is 29.5 Å². The van der Waals surface area contributed by atoms with Gasteiger partial charge in [0.1, 0.15) is 0 Å². The quantitative estimate of drug-likeness (QED) is 0.802. The molecular weight excluding hydrogens is 200 g/mol. The summed E-state index contributed by atoms with van der Waals surface area (Å²) in [5, 5.41) is 10.4. The largest absolute Gasteiger partial charge is 0.387 e. The van der Waals surface area contributed by atoms with Crippen molar-refractivity contribution in [1.29, 1.82) is 0 Å². The Morgan fingerprint density at radius 2 is 1.88 bits per heavy atom. The molecule has 1 atom stereocenters. The van der Waals surface area contributed by atoms with Crippen molar-refractivity contribution < 1.29 is 9.84 Å². The molecule has 0 spiro atoms. The zero-order valence-electron chi connectivity index (χ0n) is 10.4. The lowest BCUT2D eigenvalue weighted by Crippen LogP contribution is -2.40. The lowest BCUT2D eigenvalue weighted by atomic mass is 9.85. The highest BCUT2D eigenvalue weighted by molar-refractivity contribution is 5.15. The van der Waals surface area contributed by atoms with Gasteiger partial charge in [0, 0.05) is 7.11 Å². The van der Waals surface area contributed by atoms with Gasteiger partial charge in [-0.3, -0.25) is 0 Å². The Bertz CT molecular complexity index is 295. The minimum Gasteiger partial charge on any atom is -0.387 e. The number of aryl methyl sites for hydroxylation is 1. The van der Waals surface area contributed by atoms with E-state index in [1.54, 1.807) is 7.11 Å². The van der Waals surface area contributed by atoms with Gasteiger partial charge in [-0.2, -0.15) is 0 Å². The number of benzene rings is 1. The first-order valence-electron chi connectivity index (χ1n) is 5.84. The van der Waals surface area contributed by atoms with Gasteiger partial charge < -0.3 is 9.84 Å². The molecule has 16 heavy (non-hydrogen) atoms. The van der Waals surface area contributed by atoms with E-state index in [4.69, 9.17) is 4.74 Å².